The zero-order valence-electron chi connectivity index (χ0n) is 19.3. The first-order valence-electron chi connectivity index (χ1n) is 10.9. The number of carbonyl (C=O) groups is 2. The van der Waals surface area contributed by atoms with E-state index in [0.717, 1.165) is 0 Å². The Morgan fingerprint density at radius 3 is 2.69 bits per heavy atom. The molecule has 0 bridgehead atoms. The smallest absolute Gasteiger partial charge is 0.274 e. The molecule has 11 heteroatoms. The Labute approximate surface area is 206 Å². The largest absolute Gasteiger partial charge is 0.468 e. The third-order valence-electron chi connectivity index (χ3n) is 5.12. The standard InChI is InChI=1S/C24H23ClN6O4/c1-13(2)28-23(32)17-8-15(10-26)7-14(3)21(17)29-24(33)19-9-20(35-16-11-34-12-16)30-31(19)22-18(25)5-4-6-27-22/h4-9,13,16H,11-12H2,1-3H3,(H,28,32)(H,29,33). The zero-order chi connectivity index (χ0) is 25.1. The Balaban J connectivity index is 1.74. The molecule has 0 atom stereocenters. The van der Waals surface area contributed by atoms with E-state index in [0.29, 0.717) is 24.3 Å². The van der Waals surface area contributed by atoms with E-state index in [1.807, 2.05) is 19.9 Å². The molecular formula is C24H23ClN6O4. The lowest BCUT2D eigenvalue weighted by molar-refractivity contribution is -0.0814. The molecule has 2 N–H and O–H groups in total. The van der Waals surface area contributed by atoms with Gasteiger partial charge in [-0.1, -0.05) is 11.6 Å². The van der Waals surface area contributed by atoms with E-state index < -0.39 is 11.8 Å². The number of nitrogens with zero attached hydrogens (tertiary/aromatic N) is 4. The fourth-order valence-corrected chi connectivity index (χ4v) is 3.64. The van der Waals surface area contributed by atoms with Crippen LogP contribution in [0, 0.1) is 18.3 Å². The molecule has 0 aliphatic carbocycles. The van der Waals surface area contributed by atoms with Crippen molar-refractivity contribution in [1.29, 1.82) is 5.26 Å². The zero-order valence-corrected chi connectivity index (χ0v) is 20.1. The molecule has 1 saturated heterocycles. The van der Waals surface area contributed by atoms with Gasteiger partial charge >= 0.3 is 0 Å². The van der Waals surface area contributed by atoms with E-state index in [4.69, 9.17) is 21.1 Å². The second-order valence-corrected chi connectivity index (χ2v) is 8.68. The fourth-order valence-electron chi connectivity index (χ4n) is 3.44. The summed E-state index contributed by atoms with van der Waals surface area (Å²) in [6.45, 7) is 6.21. The number of hydrogen-bond donors (Lipinski definition) is 2. The molecule has 180 valence electrons. The van der Waals surface area contributed by atoms with Gasteiger partial charge in [-0.15, -0.1) is 5.10 Å². The van der Waals surface area contributed by atoms with Gasteiger partial charge < -0.3 is 20.1 Å². The Morgan fingerprint density at radius 2 is 2.06 bits per heavy atom. The number of anilines is 1. The minimum atomic E-state index is -0.565. The Morgan fingerprint density at radius 1 is 1.29 bits per heavy atom. The van der Waals surface area contributed by atoms with Crippen LogP contribution >= 0.6 is 11.6 Å². The third kappa shape index (κ3) is 5.26. The summed E-state index contributed by atoms with van der Waals surface area (Å²) in [5, 5.41) is 19.6. The van der Waals surface area contributed by atoms with Gasteiger partial charge in [-0.25, -0.2) is 9.67 Å². The number of carbonyl (C=O) groups excluding carboxylic acids is 2. The molecule has 2 aromatic heterocycles. The molecule has 10 nitrogen and oxygen atoms in total. The predicted octanol–water partition coefficient (Wildman–Crippen LogP) is 3.27. The maximum atomic E-state index is 13.5. The minimum Gasteiger partial charge on any atom is -0.468 e. The summed E-state index contributed by atoms with van der Waals surface area (Å²) in [5.41, 5.74) is 1.41. The Hall–Kier alpha value is -3.94. The van der Waals surface area contributed by atoms with Crippen molar-refractivity contribution < 1.29 is 19.1 Å². The van der Waals surface area contributed by atoms with E-state index in [1.165, 1.54) is 23.0 Å². The highest BCUT2D eigenvalue weighted by Gasteiger charge is 2.26. The summed E-state index contributed by atoms with van der Waals surface area (Å²) in [7, 11) is 0. The molecule has 3 aromatic rings. The van der Waals surface area contributed by atoms with E-state index >= 15 is 0 Å². The number of pyridine rings is 1. The quantitative estimate of drug-likeness (QED) is 0.515. The Bertz CT molecular complexity index is 1330. The predicted molar refractivity (Wildman–Crippen MR) is 128 cm³/mol. The number of rotatable bonds is 7. The van der Waals surface area contributed by atoms with Gasteiger partial charge in [0.2, 0.25) is 5.88 Å². The second kappa shape index (κ2) is 10.1. The summed E-state index contributed by atoms with van der Waals surface area (Å²) >= 11 is 6.32. The highest BCUT2D eigenvalue weighted by atomic mass is 35.5. The van der Waals surface area contributed by atoms with Crippen LogP contribution in [-0.2, 0) is 4.74 Å². The van der Waals surface area contributed by atoms with Gasteiger partial charge in [-0.3, -0.25) is 9.59 Å². The van der Waals surface area contributed by atoms with Crippen LogP contribution in [0.5, 0.6) is 5.88 Å². The van der Waals surface area contributed by atoms with Crippen LogP contribution in [0.2, 0.25) is 5.02 Å². The van der Waals surface area contributed by atoms with Crippen molar-refractivity contribution in [2.24, 2.45) is 0 Å². The molecule has 1 aliphatic heterocycles. The van der Waals surface area contributed by atoms with Crippen LogP contribution in [0.3, 0.4) is 0 Å². The van der Waals surface area contributed by atoms with Gasteiger partial charge in [-0.05, 0) is 50.6 Å². The number of halogens is 1. The maximum absolute atomic E-state index is 13.5. The van der Waals surface area contributed by atoms with E-state index in [9.17, 15) is 14.9 Å². The lowest BCUT2D eigenvalue weighted by Crippen LogP contribution is -2.38. The first kappa shape index (κ1) is 24.2. The summed E-state index contributed by atoms with van der Waals surface area (Å²) in [4.78, 5) is 30.6. The van der Waals surface area contributed by atoms with E-state index in [-0.39, 0.29) is 45.8 Å². The fraction of sp³-hybridized carbons (Fsp3) is 0.292. The van der Waals surface area contributed by atoms with Gasteiger partial charge in [0.1, 0.15) is 11.8 Å². The maximum Gasteiger partial charge on any atom is 0.274 e. The molecule has 2 amide bonds. The van der Waals surface area contributed by atoms with Crippen molar-refractivity contribution in [3.8, 4) is 17.8 Å². The van der Waals surface area contributed by atoms with Gasteiger partial charge in [-0.2, -0.15) is 5.26 Å². The third-order valence-corrected chi connectivity index (χ3v) is 5.42. The molecular weight excluding hydrogens is 472 g/mol. The molecule has 1 aromatic carbocycles. The number of amides is 2. The van der Waals surface area contributed by atoms with Crippen LogP contribution in [-0.4, -0.2) is 51.9 Å². The van der Waals surface area contributed by atoms with Crippen molar-refractivity contribution in [3.05, 3.63) is 63.9 Å². The summed E-state index contributed by atoms with van der Waals surface area (Å²) in [5.74, 6) is -0.524. The molecule has 0 unspecified atom stereocenters. The molecule has 3 heterocycles. The van der Waals surface area contributed by atoms with Crippen molar-refractivity contribution in [1.82, 2.24) is 20.1 Å². The average Bonchev–Trinajstić information content (AvgIpc) is 3.21. The van der Waals surface area contributed by atoms with Gasteiger partial charge in [0.05, 0.1) is 41.1 Å². The number of benzene rings is 1. The lowest BCUT2D eigenvalue weighted by Gasteiger charge is -2.25. The molecule has 0 saturated carbocycles. The van der Waals surface area contributed by atoms with Crippen molar-refractivity contribution in [3.63, 3.8) is 0 Å². The number of hydrogen-bond acceptors (Lipinski definition) is 7. The van der Waals surface area contributed by atoms with Crippen LogP contribution in [0.25, 0.3) is 5.82 Å². The molecule has 0 radical (unpaired) electrons. The number of aryl methyl sites for hydroxylation is 1. The van der Waals surface area contributed by atoms with Crippen molar-refractivity contribution in [2.45, 2.75) is 32.9 Å². The Kier molecular flexibility index (Phi) is 7.00. The van der Waals surface area contributed by atoms with Crippen LogP contribution < -0.4 is 15.4 Å². The minimum absolute atomic E-state index is 0.0971. The SMILES string of the molecule is Cc1cc(C#N)cc(C(=O)NC(C)C)c1NC(=O)c1cc(OC2COC2)nn1-c1ncccc1Cl. The number of nitrogens with one attached hydrogen (secondary N) is 2. The highest BCUT2D eigenvalue weighted by Crippen LogP contribution is 2.27. The molecule has 0 spiro atoms. The number of ether oxygens (including phenoxy) is 2. The summed E-state index contributed by atoms with van der Waals surface area (Å²) in [6.07, 6.45) is 1.37. The first-order valence-corrected chi connectivity index (χ1v) is 11.3. The van der Waals surface area contributed by atoms with E-state index in [1.54, 1.807) is 25.1 Å². The lowest BCUT2D eigenvalue weighted by atomic mass is 10.0. The second-order valence-electron chi connectivity index (χ2n) is 8.28. The van der Waals surface area contributed by atoms with Gasteiger partial charge in [0.25, 0.3) is 11.8 Å². The monoisotopic (exact) mass is 494 g/mol. The van der Waals surface area contributed by atoms with Crippen molar-refractivity contribution in [2.75, 3.05) is 18.5 Å². The molecule has 4 rings (SSSR count). The number of aromatic nitrogens is 3. The molecule has 1 aliphatic rings. The van der Waals surface area contributed by atoms with E-state index in [2.05, 4.69) is 20.7 Å². The first-order chi connectivity index (χ1) is 16.8. The van der Waals surface area contributed by atoms with Crippen LogP contribution in [0.1, 0.15) is 45.8 Å². The van der Waals surface area contributed by atoms with Gasteiger partial charge in [0, 0.05) is 18.3 Å². The summed E-state index contributed by atoms with van der Waals surface area (Å²) < 4.78 is 12.2. The van der Waals surface area contributed by atoms with Crippen LogP contribution in [0.4, 0.5) is 5.69 Å². The molecule has 1 fully saturated rings. The molecule has 35 heavy (non-hydrogen) atoms. The van der Waals surface area contributed by atoms with Gasteiger partial charge in [0.15, 0.2) is 5.82 Å². The highest BCUT2D eigenvalue weighted by molar-refractivity contribution is 6.32. The number of nitriles is 1. The normalized spacial score (nSPS) is 13.1. The van der Waals surface area contributed by atoms with Crippen LogP contribution in [0.15, 0.2) is 36.5 Å². The topological polar surface area (TPSA) is 131 Å². The van der Waals surface area contributed by atoms with Crippen molar-refractivity contribution >= 4 is 29.1 Å². The average molecular weight is 495 g/mol. The summed E-state index contributed by atoms with van der Waals surface area (Å²) in [6, 6.07) is 9.72.